The largest absolute Gasteiger partial charge is 0.314 e. The van der Waals surface area contributed by atoms with E-state index in [1.54, 1.807) is 12.1 Å². The Balaban J connectivity index is 2.32. The molecular formula is C10H15N3O2S. The molecule has 6 heteroatoms. The average molecular weight is 241 g/mol. The van der Waals surface area contributed by atoms with Gasteiger partial charge in [-0.15, -0.1) is 0 Å². The predicted octanol–water partition coefficient (Wildman–Crippen LogP) is 0.0640. The van der Waals surface area contributed by atoms with Gasteiger partial charge < -0.3 is 5.32 Å². The summed E-state index contributed by atoms with van der Waals surface area (Å²) < 4.78 is 26.0. The number of hydrogen-bond acceptors (Lipinski definition) is 4. The van der Waals surface area contributed by atoms with E-state index in [0.717, 1.165) is 0 Å². The second kappa shape index (κ2) is 4.48. The van der Waals surface area contributed by atoms with E-state index in [2.05, 4.69) is 10.3 Å². The van der Waals surface area contributed by atoms with E-state index in [1.165, 1.54) is 16.6 Å². The Kier molecular flexibility index (Phi) is 3.22. The lowest BCUT2D eigenvalue weighted by atomic mass is 10.3. The minimum Gasteiger partial charge on any atom is -0.314 e. The number of sulfonamides is 1. The molecular weight excluding hydrogens is 226 g/mol. The Morgan fingerprint density at radius 3 is 2.94 bits per heavy atom. The minimum atomic E-state index is -3.43. The molecule has 1 aromatic rings. The van der Waals surface area contributed by atoms with Crippen molar-refractivity contribution in [3.8, 4) is 0 Å². The van der Waals surface area contributed by atoms with Gasteiger partial charge in [-0.25, -0.2) is 13.4 Å². The normalized spacial score (nSPS) is 23.2. The maximum absolute atomic E-state index is 12.2. The van der Waals surface area contributed by atoms with Crippen LogP contribution in [0.15, 0.2) is 29.4 Å². The van der Waals surface area contributed by atoms with Gasteiger partial charge in [0.2, 0.25) is 0 Å². The molecule has 0 radical (unpaired) electrons. The Morgan fingerprint density at radius 2 is 2.31 bits per heavy atom. The summed E-state index contributed by atoms with van der Waals surface area (Å²) in [7, 11) is -3.43. The van der Waals surface area contributed by atoms with Crippen molar-refractivity contribution in [3.63, 3.8) is 0 Å². The lowest BCUT2D eigenvalue weighted by Gasteiger charge is -2.32. The smallest absolute Gasteiger partial charge is 0.260 e. The molecule has 0 amide bonds. The molecule has 0 unspecified atom stereocenters. The number of aromatic nitrogens is 1. The average Bonchev–Trinajstić information content (AvgIpc) is 2.30. The molecule has 0 aromatic carbocycles. The van der Waals surface area contributed by atoms with Crippen LogP contribution in [0.4, 0.5) is 0 Å². The number of hydrogen-bond donors (Lipinski definition) is 1. The van der Waals surface area contributed by atoms with Gasteiger partial charge in [-0.3, -0.25) is 0 Å². The second-order valence-corrected chi connectivity index (χ2v) is 5.67. The number of nitrogens with zero attached hydrogens (tertiary/aromatic N) is 2. The van der Waals surface area contributed by atoms with Crippen LogP contribution in [-0.2, 0) is 10.0 Å². The molecule has 16 heavy (non-hydrogen) atoms. The van der Waals surface area contributed by atoms with Crippen LogP contribution in [0.2, 0.25) is 0 Å². The maximum atomic E-state index is 12.2. The molecule has 0 aliphatic carbocycles. The molecule has 5 nitrogen and oxygen atoms in total. The Morgan fingerprint density at radius 1 is 1.50 bits per heavy atom. The van der Waals surface area contributed by atoms with Gasteiger partial charge >= 0.3 is 0 Å². The van der Waals surface area contributed by atoms with Crippen LogP contribution in [0.5, 0.6) is 0 Å². The fourth-order valence-corrected chi connectivity index (χ4v) is 3.36. The molecule has 1 aliphatic heterocycles. The standard InChI is InChI=1S/C10H15N3O2S/c1-9-8-11-6-7-13(9)16(14,15)10-4-2-3-5-12-10/h2-5,9,11H,6-8H2,1H3/t9-/m1/s1. The summed E-state index contributed by atoms with van der Waals surface area (Å²) in [6.07, 6.45) is 1.50. The first kappa shape index (κ1) is 11.5. The van der Waals surface area contributed by atoms with Crippen molar-refractivity contribution >= 4 is 10.0 Å². The highest BCUT2D eigenvalue weighted by atomic mass is 32.2. The van der Waals surface area contributed by atoms with Crippen molar-refractivity contribution in [1.82, 2.24) is 14.6 Å². The van der Waals surface area contributed by atoms with Gasteiger partial charge in [0.05, 0.1) is 0 Å². The minimum absolute atomic E-state index is 0.0271. The Bertz CT molecular complexity index is 446. The summed E-state index contributed by atoms with van der Waals surface area (Å²) >= 11 is 0. The fraction of sp³-hybridized carbons (Fsp3) is 0.500. The third-order valence-electron chi connectivity index (χ3n) is 2.65. The zero-order valence-corrected chi connectivity index (χ0v) is 9.94. The van der Waals surface area contributed by atoms with Crippen LogP contribution in [0.3, 0.4) is 0 Å². The molecule has 88 valence electrons. The van der Waals surface area contributed by atoms with Gasteiger partial charge in [0, 0.05) is 31.9 Å². The first-order chi connectivity index (χ1) is 7.62. The van der Waals surface area contributed by atoms with E-state index in [-0.39, 0.29) is 11.1 Å². The SMILES string of the molecule is C[C@@H]1CNCCN1S(=O)(=O)c1ccccn1. The van der Waals surface area contributed by atoms with E-state index in [1.807, 2.05) is 6.92 Å². The maximum Gasteiger partial charge on any atom is 0.260 e. The first-order valence-corrected chi connectivity index (χ1v) is 6.70. The Hall–Kier alpha value is -0.980. The highest BCUT2D eigenvalue weighted by Gasteiger charge is 2.31. The predicted molar refractivity (Wildman–Crippen MR) is 60.5 cm³/mol. The van der Waals surface area contributed by atoms with E-state index in [0.29, 0.717) is 19.6 Å². The number of piperazine rings is 1. The number of rotatable bonds is 2. The summed E-state index contributed by atoms with van der Waals surface area (Å²) in [4.78, 5) is 3.91. The van der Waals surface area contributed by atoms with Crippen molar-refractivity contribution in [2.75, 3.05) is 19.6 Å². The topological polar surface area (TPSA) is 62.3 Å². The van der Waals surface area contributed by atoms with Crippen LogP contribution in [0.1, 0.15) is 6.92 Å². The van der Waals surface area contributed by atoms with E-state index < -0.39 is 10.0 Å². The summed E-state index contributed by atoms with van der Waals surface area (Å²) in [5.74, 6) is 0. The molecule has 0 saturated carbocycles. The summed E-state index contributed by atoms with van der Waals surface area (Å²) in [5, 5.41) is 3.29. The van der Waals surface area contributed by atoms with Crippen LogP contribution in [0.25, 0.3) is 0 Å². The summed E-state index contributed by atoms with van der Waals surface area (Å²) in [6.45, 7) is 3.77. The van der Waals surface area contributed by atoms with Crippen LogP contribution >= 0.6 is 0 Å². The van der Waals surface area contributed by atoms with Crippen LogP contribution in [-0.4, -0.2) is 43.4 Å². The second-order valence-electron chi connectivity index (χ2n) is 3.84. The third-order valence-corrected chi connectivity index (χ3v) is 4.58. The first-order valence-electron chi connectivity index (χ1n) is 5.26. The molecule has 1 fully saturated rings. The molecule has 1 aromatic heterocycles. The number of pyridine rings is 1. The van der Waals surface area contributed by atoms with Crippen LogP contribution < -0.4 is 5.32 Å². The lowest BCUT2D eigenvalue weighted by molar-refractivity contribution is 0.283. The third kappa shape index (κ3) is 2.09. The highest BCUT2D eigenvalue weighted by molar-refractivity contribution is 7.89. The van der Waals surface area contributed by atoms with Crippen molar-refractivity contribution in [2.45, 2.75) is 18.0 Å². The number of nitrogens with one attached hydrogen (secondary N) is 1. The molecule has 1 N–H and O–H groups in total. The fourth-order valence-electron chi connectivity index (χ4n) is 1.80. The molecule has 1 aliphatic rings. The van der Waals surface area contributed by atoms with Gasteiger partial charge in [0.15, 0.2) is 5.03 Å². The zero-order chi connectivity index (χ0) is 11.6. The lowest BCUT2D eigenvalue weighted by Crippen LogP contribution is -2.52. The molecule has 1 saturated heterocycles. The molecule has 1 atom stereocenters. The van der Waals surface area contributed by atoms with Gasteiger partial charge in [0.25, 0.3) is 10.0 Å². The summed E-state index contributed by atoms with van der Waals surface area (Å²) in [5.41, 5.74) is 0. The summed E-state index contributed by atoms with van der Waals surface area (Å²) in [6, 6.07) is 4.90. The van der Waals surface area contributed by atoms with E-state index in [9.17, 15) is 8.42 Å². The zero-order valence-electron chi connectivity index (χ0n) is 9.13. The quantitative estimate of drug-likeness (QED) is 0.795. The van der Waals surface area contributed by atoms with Crippen molar-refractivity contribution in [1.29, 1.82) is 0 Å². The molecule has 2 rings (SSSR count). The van der Waals surface area contributed by atoms with Gasteiger partial charge in [-0.05, 0) is 19.1 Å². The van der Waals surface area contributed by atoms with Crippen molar-refractivity contribution in [2.24, 2.45) is 0 Å². The Labute approximate surface area is 95.5 Å². The van der Waals surface area contributed by atoms with Crippen molar-refractivity contribution < 1.29 is 8.42 Å². The highest BCUT2D eigenvalue weighted by Crippen LogP contribution is 2.16. The molecule has 2 heterocycles. The molecule has 0 bridgehead atoms. The van der Waals surface area contributed by atoms with Crippen molar-refractivity contribution in [3.05, 3.63) is 24.4 Å². The van der Waals surface area contributed by atoms with Crippen LogP contribution in [0, 0.1) is 0 Å². The van der Waals surface area contributed by atoms with E-state index >= 15 is 0 Å². The van der Waals surface area contributed by atoms with Gasteiger partial charge in [-0.2, -0.15) is 4.31 Å². The van der Waals surface area contributed by atoms with Gasteiger partial charge in [-0.1, -0.05) is 6.07 Å². The van der Waals surface area contributed by atoms with Gasteiger partial charge in [0.1, 0.15) is 0 Å². The monoisotopic (exact) mass is 241 g/mol. The molecule has 0 spiro atoms. The van der Waals surface area contributed by atoms with E-state index in [4.69, 9.17) is 0 Å².